The number of anilines is 1. The van der Waals surface area contributed by atoms with Crippen molar-refractivity contribution in [2.75, 3.05) is 5.32 Å². The highest BCUT2D eigenvalue weighted by Crippen LogP contribution is 2.25. The van der Waals surface area contributed by atoms with Crippen LogP contribution in [0.15, 0.2) is 28.9 Å². The van der Waals surface area contributed by atoms with Gasteiger partial charge in [0.25, 0.3) is 5.91 Å². The molecule has 0 aliphatic heterocycles. The Morgan fingerprint density at radius 3 is 2.60 bits per heavy atom. The standard InChI is InChI=1S/C12H5BrCl2F2N2O/c13-6-2-9(17)10(3-8(6)16)19-12(20)5-1-11(15)18-4-7(5)14/h1-4H,(H,19,20). The molecule has 2 aromatic rings. The molecule has 1 aromatic carbocycles. The van der Waals surface area contributed by atoms with Gasteiger partial charge in [0.2, 0.25) is 0 Å². The van der Waals surface area contributed by atoms with E-state index >= 15 is 0 Å². The minimum atomic E-state index is -0.789. The fraction of sp³-hybridized carbons (Fsp3) is 0. The molecule has 0 saturated heterocycles. The Balaban J connectivity index is 2.32. The second-order valence-corrected chi connectivity index (χ2v) is 5.34. The molecule has 20 heavy (non-hydrogen) atoms. The van der Waals surface area contributed by atoms with Gasteiger partial charge in [0.05, 0.1) is 20.7 Å². The van der Waals surface area contributed by atoms with Gasteiger partial charge in [0, 0.05) is 12.3 Å². The van der Waals surface area contributed by atoms with Crippen LogP contribution in [0.1, 0.15) is 10.4 Å². The second kappa shape index (κ2) is 6.03. The van der Waals surface area contributed by atoms with Crippen LogP contribution >= 0.6 is 39.1 Å². The van der Waals surface area contributed by atoms with Gasteiger partial charge in [-0.05, 0) is 28.1 Å². The summed E-state index contributed by atoms with van der Waals surface area (Å²) in [4.78, 5) is 15.6. The SMILES string of the molecule is O=C(Nc1cc(F)c(Br)cc1F)c1cc(Cl)ncc1Cl. The smallest absolute Gasteiger partial charge is 0.257 e. The van der Waals surface area contributed by atoms with Gasteiger partial charge in [-0.15, -0.1) is 0 Å². The number of benzene rings is 1. The molecule has 0 radical (unpaired) electrons. The molecule has 0 spiro atoms. The maximum atomic E-state index is 13.6. The summed E-state index contributed by atoms with van der Waals surface area (Å²) < 4.78 is 26.9. The van der Waals surface area contributed by atoms with E-state index in [1.807, 2.05) is 0 Å². The Kier molecular flexibility index (Phi) is 4.57. The molecule has 0 unspecified atom stereocenters. The minimum absolute atomic E-state index is 0.00870. The number of carbonyl (C=O) groups is 1. The van der Waals surface area contributed by atoms with E-state index in [9.17, 15) is 13.6 Å². The fourth-order valence-electron chi connectivity index (χ4n) is 1.40. The number of amides is 1. The van der Waals surface area contributed by atoms with E-state index in [-0.39, 0.29) is 25.9 Å². The Morgan fingerprint density at radius 2 is 1.90 bits per heavy atom. The summed E-state index contributed by atoms with van der Waals surface area (Å²) in [7, 11) is 0. The van der Waals surface area contributed by atoms with Gasteiger partial charge in [-0.2, -0.15) is 0 Å². The number of nitrogens with one attached hydrogen (secondary N) is 1. The van der Waals surface area contributed by atoms with E-state index in [0.29, 0.717) is 0 Å². The van der Waals surface area contributed by atoms with Gasteiger partial charge in [0.15, 0.2) is 0 Å². The summed E-state index contributed by atoms with van der Waals surface area (Å²) in [5.74, 6) is -2.22. The van der Waals surface area contributed by atoms with Crippen molar-refractivity contribution in [3.63, 3.8) is 0 Å². The number of rotatable bonds is 2. The van der Waals surface area contributed by atoms with Crippen molar-refractivity contribution in [2.24, 2.45) is 0 Å². The molecule has 0 aliphatic rings. The summed E-state index contributed by atoms with van der Waals surface area (Å²) in [5, 5.41) is 2.32. The van der Waals surface area contributed by atoms with Crippen LogP contribution in [0.3, 0.4) is 0 Å². The lowest BCUT2D eigenvalue weighted by molar-refractivity contribution is 0.102. The van der Waals surface area contributed by atoms with Crippen LogP contribution in [-0.2, 0) is 0 Å². The minimum Gasteiger partial charge on any atom is -0.319 e. The lowest BCUT2D eigenvalue weighted by Crippen LogP contribution is -2.14. The highest BCUT2D eigenvalue weighted by Gasteiger charge is 2.15. The molecule has 104 valence electrons. The number of carbonyl (C=O) groups excluding carboxylic acids is 1. The summed E-state index contributed by atoms with van der Waals surface area (Å²) in [6.07, 6.45) is 1.19. The second-order valence-electron chi connectivity index (χ2n) is 3.69. The first-order chi connectivity index (χ1) is 9.38. The topological polar surface area (TPSA) is 42.0 Å². The zero-order chi connectivity index (χ0) is 14.9. The van der Waals surface area contributed by atoms with Crippen molar-refractivity contribution in [3.05, 3.63) is 56.2 Å². The van der Waals surface area contributed by atoms with E-state index in [4.69, 9.17) is 23.2 Å². The van der Waals surface area contributed by atoms with Crippen molar-refractivity contribution in [1.29, 1.82) is 0 Å². The first-order valence-corrected chi connectivity index (χ1v) is 6.70. The van der Waals surface area contributed by atoms with Crippen LogP contribution in [-0.4, -0.2) is 10.9 Å². The van der Waals surface area contributed by atoms with Gasteiger partial charge >= 0.3 is 0 Å². The van der Waals surface area contributed by atoms with Gasteiger partial charge in [0.1, 0.15) is 16.8 Å². The highest BCUT2D eigenvalue weighted by molar-refractivity contribution is 9.10. The zero-order valence-corrected chi connectivity index (χ0v) is 12.7. The van der Waals surface area contributed by atoms with E-state index in [0.717, 1.165) is 12.1 Å². The molecule has 1 aromatic heterocycles. The largest absolute Gasteiger partial charge is 0.319 e. The third kappa shape index (κ3) is 3.26. The maximum absolute atomic E-state index is 13.6. The predicted octanol–water partition coefficient (Wildman–Crippen LogP) is 4.68. The van der Waals surface area contributed by atoms with Crippen LogP contribution in [0.4, 0.5) is 14.5 Å². The molecular formula is C12H5BrCl2F2N2O. The van der Waals surface area contributed by atoms with Crippen molar-refractivity contribution in [2.45, 2.75) is 0 Å². The van der Waals surface area contributed by atoms with Crippen LogP contribution < -0.4 is 5.32 Å². The molecule has 0 aliphatic carbocycles. The number of hydrogen-bond donors (Lipinski definition) is 1. The first-order valence-electron chi connectivity index (χ1n) is 5.15. The van der Waals surface area contributed by atoms with Crippen LogP contribution in [0, 0.1) is 11.6 Å². The third-order valence-corrected chi connectivity index (χ3v) is 3.44. The van der Waals surface area contributed by atoms with E-state index in [2.05, 4.69) is 26.2 Å². The van der Waals surface area contributed by atoms with Gasteiger partial charge < -0.3 is 5.32 Å². The molecule has 1 amide bonds. The Bertz CT molecular complexity index is 697. The average molecular weight is 382 g/mol. The molecular weight excluding hydrogens is 377 g/mol. The highest BCUT2D eigenvalue weighted by atomic mass is 79.9. The third-order valence-electron chi connectivity index (χ3n) is 2.32. The summed E-state index contributed by atoms with van der Waals surface area (Å²) in [5.41, 5.74) is -0.297. The maximum Gasteiger partial charge on any atom is 0.257 e. The number of hydrogen-bond acceptors (Lipinski definition) is 2. The van der Waals surface area contributed by atoms with E-state index in [1.54, 1.807) is 0 Å². The Labute approximate surface area is 131 Å². The molecule has 1 heterocycles. The predicted molar refractivity (Wildman–Crippen MR) is 76.3 cm³/mol. The monoisotopic (exact) mass is 380 g/mol. The molecule has 0 saturated carbocycles. The van der Waals surface area contributed by atoms with Crippen molar-refractivity contribution >= 4 is 50.7 Å². The Morgan fingerprint density at radius 1 is 1.20 bits per heavy atom. The molecule has 0 fully saturated rings. The molecule has 8 heteroatoms. The van der Waals surface area contributed by atoms with Gasteiger partial charge in [-0.1, -0.05) is 23.2 Å². The van der Waals surface area contributed by atoms with E-state index in [1.165, 1.54) is 12.3 Å². The van der Waals surface area contributed by atoms with Crippen LogP contribution in [0.2, 0.25) is 10.2 Å². The van der Waals surface area contributed by atoms with Crippen LogP contribution in [0.25, 0.3) is 0 Å². The number of nitrogens with zero attached hydrogens (tertiary/aromatic N) is 1. The van der Waals surface area contributed by atoms with Gasteiger partial charge in [-0.25, -0.2) is 13.8 Å². The van der Waals surface area contributed by atoms with Gasteiger partial charge in [-0.3, -0.25) is 4.79 Å². The quantitative estimate of drug-likeness (QED) is 0.606. The fourth-order valence-corrected chi connectivity index (χ4v) is 2.06. The normalized spacial score (nSPS) is 10.4. The summed E-state index contributed by atoms with van der Waals surface area (Å²) in [6.45, 7) is 0. The van der Waals surface area contributed by atoms with Crippen molar-refractivity contribution in [3.8, 4) is 0 Å². The summed E-state index contributed by atoms with van der Waals surface area (Å²) >= 11 is 14.3. The zero-order valence-electron chi connectivity index (χ0n) is 9.55. The van der Waals surface area contributed by atoms with Crippen molar-refractivity contribution < 1.29 is 13.6 Å². The summed E-state index contributed by atoms with van der Waals surface area (Å²) in [6, 6.07) is 2.99. The lowest BCUT2D eigenvalue weighted by atomic mass is 10.2. The number of halogens is 5. The molecule has 3 nitrogen and oxygen atoms in total. The van der Waals surface area contributed by atoms with Crippen molar-refractivity contribution in [1.82, 2.24) is 4.98 Å². The average Bonchev–Trinajstić information content (AvgIpc) is 2.38. The molecule has 0 bridgehead atoms. The lowest BCUT2D eigenvalue weighted by Gasteiger charge is -2.08. The molecule has 1 N–H and O–H groups in total. The molecule has 0 atom stereocenters. The number of pyridine rings is 1. The molecule has 2 rings (SSSR count). The van der Waals surface area contributed by atoms with Crippen LogP contribution in [0.5, 0.6) is 0 Å². The first kappa shape index (κ1) is 15.2. The van der Waals surface area contributed by atoms with E-state index < -0.39 is 17.5 Å². The number of aromatic nitrogens is 1. The Hall–Kier alpha value is -1.24.